The monoisotopic (exact) mass is 233 g/mol. The second-order valence-electron chi connectivity index (χ2n) is 3.78. The van der Waals surface area contributed by atoms with Crippen molar-refractivity contribution in [3.8, 4) is 0 Å². The molecule has 6 heteroatoms. The van der Waals surface area contributed by atoms with E-state index in [0.717, 1.165) is 6.42 Å². The zero-order valence-electron chi connectivity index (χ0n) is 8.39. The average Bonchev–Trinajstić information content (AvgIpc) is 2.57. The topological polar surface area (TPSA) is 64.6 Å². The summed E-state index contributed by atoms with van der Waals surface area (Å²) in [5.41, 5.74) is 0. The van der Waals surface area contributed by atoms with Crippen LogP contribution in [-0.4, -0.2) is 46.3 Å². The van der Waals surface area contributed by atoms with Crippen LogP contribution in [0.2, 0.25) is 0 Å². The first-order chi connectivity index (χ1) is 7.16. The third-order valence-corrected chi connectivity index (χ3v) is 3.90. The first-order valence-electron chi connectivity index (χ1n) is 4.99. The number of sulfone groups is 1. The summed E-state index contributed by atoms with van der Waals surface area (Å²) in [6.45, 7) is 1.73. The Bertz CT molecular complexity index is 332. The van der Waals surface area contributed by atoms with E-state index >= 15 is 0 Å². The Morgan fingerprint density at radius 2 is 2.33 bits per heavy atom. The number of hydrogen-bond acceptors (Lipinski definition) is 5. The van der Waals surface area contributed by atoms with Gasteiger partial charge in [0.05, 0.1) is 18.5 Å². The molecule has 1 saturated heterocycles. The van der Waals surface area contributed by atoms with E-state index in [9.17, 15) is 8.42 Å². The zero-order valence-corrected chi connectivity index (χ0v) is 9.20. The van der Waals surface area contributed by atoms with Crippen LogP contribution in [0.15, 0.2) is 11.5 Å². The van der Waals surface area contributed by atoms with Gasteiger partial charge in [0.25, 0.3) is 0 Å². The molecule has 2 atom stereocenters. The van der Waals surface area contributed by atoms with Gasteiger partial charge in [0, 0.05) is 18.0 Å². The lowest BCUT2D eigenvalue weighted by Gasteiger charge is -2.24. The van der Waals surface area contributed by atoms with Crippen molar-refractivity contribution in [3.05, 3.63) is 11.5 Å². The Labute approximate surface area is 89.4 Å². The normalized spacial score (nSPS) is 34.4. The Hall–Kier alpha value is -0.430. The molecule has 0 radical (unpaired) electrons. The number of hydrogen-bond donors (Lipinski definition) is 1. The highest BCUT2D eigenvalue weighted by Gasteiger charge is 2.22. The maximum absolute atomic E-state index is 11.1. The molecule has 0 bridgehead atoms. The zero-order chi connectivity index (χ0) is 10.7. The fourth-order valence-electron chi connectivity index (χ4n) is 1.65. The van der Waals surface area contributed by atoms with E-state index in [1.54, 1.807) is 6.08 Å². The third kappa shape index (κ3) is 3.27. The second kappa shape index (κ2) is 4.61. The number of ether oxygens (including phenoxy) is 2. The molecule has 15 heavy (non-hydrogen) atoms. The van der Waals surface area contributed by atoms with Crippen molar-refractivity contribution < 1.29 is 17.9 Å². The van der Waals surface area contributed by atoms with Crippen LogP contribution in [0.1, 0.15) is 6.42 Å². The molecule has 5 nitrogen and oxygen atoms in total. The molecule has 2 unspecified atom stereocenters. The Morgan fingerprint density at radius 1 is 1.47 bits per heavy atom. The molecule has 0 aromatic rings. The highest BCUT2D eigenvalue weighted by Crippen LogP contribution is 2.09. The summed E-state index contributed by atoms with van der Waals surface area (Å²) >= 11 is 0. The molecular weight excluding hydrogens is 218 g/mol. The SMILES string of the molecule is O=S1(=O)C=CC(NCC2CCOCO2)C1. The summed E-state index contributed by atoms with van der Waals surface area (Å²) in [7, 11) is -2.96. The highest BCUT2D eigenvalue weighted by molar-refractivity contribution is 7.94. The lowest BCUT2D eigenvalue weighted by atomic mass is 10.2. The summed E-state index contributed by atoms with van der Waals surface area (Å²) in [6.07, 6.45) is 2.68. The summed E-state index contributed by atoms with van der Waals surface area (Å²) in [6, 6.07) is -0.0681. The van der Waals surface area contributed by atoms with Crippen LogP contribution in [0, 0.1) is 0 Å². The molecule has 0 spiro atoms. The molecule has 2 aliphatic rings. The minimum absolute atomic E-state index is 0.0681. The molecule has 86 valence electrons. The van der Waals surface area contributed by atoms with Crippen LogP contribution in [0.5, 0.6) is 0 Å². The van der Waals surface area contributed by atoms with Crippen LogP contribution in [-0.2, 0) is 19.3 Å². The quantitative estimate of drug-likeness (QED) is 0.722. The van der Waals surface area contributed by atoms with Gasteiger partial charge in [-0.3, -0.25) is 0 Å². The lowest BCUT2D eigenvalue weighted by Crippen LogP contribution is -2.39. The minimum atomic E-state index is -2.96. The fourth-order valence-corrected chi connectivity index (χ4v) is 2.92. The van der Waals surface area contributed by atoms with Gasteiger partial charge in [0.15, 0.2) is 9.84 Å². The van der Waals surface area contributed by atoms with Crippen molar-refractivity contribution in [1.82, 2.24) is 5.32 Å². The summed E-state index contributed by atoms with van der Waals surface area (Å²) in [5.74, 6) is 0.163. The smallest absolute Gasteiger partial charge is 0.173 e. The lowest BCUT2D eigenvalue weighted by molar-refractivity contribution is -0.137. The van der Waals surface area contributed by atoms with Crippen LogP contribution in [0.3, 0.4) is 0 Å². The minimum Gasteiger partial charge on any atom is -0.355 e. The van der Waals surface area contributed by atoms with E-state index in [4.69, 9.17) is 9.47 Å². The summed E-state index contributed by atoms with van der Waals surface area (Å²) in [4.78, 5) is 0. The van der Waals surface area contributed by atoms with Gasteiger partial charge < -0.3 is 14.8 Å². The van der Waals surface area contributed by atoms with Crippen molar-refractivity contribution in [2.24, 2.45) is 0 Å². The average molecular weight is 233 g/mol. The molecule has 0 aromatic carbocycles. The van der Waals surface area contributed by atoms with Gasteiger partial charge >= 0.3 is 0 Å². The first kappa shape index (κ1) is 11.1. The Kier molecular flexibility index (Phi) is 3.40. The van der Waals surface area contributed by atoms with Crippen molar-refractivity contribution >= 4 is 9.84 Å². The van der Waals surface area contributed by atoms with Crippen molar-refractivity contribution in [1.29, 1.82) is 0 Å². The molecule has 2 rings (SSSR count). The second-order valence-corrected chi connectivity index (χ2v) is 5.71. The molecule has 1 fully saturated rings. The van der Waals surface area contributed by atoms with E-state index < -0.39 is 9.84 Å². The molecule has 2 aliphatic heterocycles. The highest BCUT2D eigenvalue weighted by atomic mass is 32.2. The van der Waals surface area contributed by atoms with E-state index in [-0.39, 0.29) is 17.9 Å². The molecule has 1 N–H and O–H groups in total. The van der Waals surface area contributed by atoms with Crippen molar-refractivity contribution in [3.63, 3.8) is 0 Å². The summed E-state index contributed by atoms with van der Waals surface area (Å²) < 4.78 is 32.6. The van der Waals surface area contributed by atoms with Gasteiger partial charge in [-0.1, -0.05) is 6.08 Å². The predicted octanol–water partition coefficient (Wildman–Crippen LogP) is -0.350. The van der Waals surface area contributed by atoms with Gasteiger partial charge in [-0.15, -0.1) is 0 Å². The van der Waals surface area contributed by atoms with E-state index in [2.05, 4.69) is 5.32 Å². The van der Waals surface area contributed by atoms with Gasteiger partial charge in [-0.05, 0) is 6.42 Å². The van der Waals surface area contributed by atoms with Crippen molar-refractivity contribution in [2.75, 3.05) is 25.7 Å². The van der Waals surface area contributed by atoms with Gasteiger partial charge in [0.2, 0.25) is 0 Å². The van der Waals surface area contributed by atoms with Crippen LogP contribution in [0.4, 0.5) is 0 Å². The van der Waals surface area contributed by atoms with E-state index in [1.165, 1.54) is 5.41 Å². The van der Waals surface area contributed by atoms with Crippen LogP contribution in [0.25, 0.3) is 0 Å². The van der Waals surface area contributed by atoms with Crippen LogP contribution >= 0.6 is 0 Å². The van der Waals surface area contributed by atoms with E-state index in [0.29, 0.717) is 19.9 Å². The molecule has 2 heterocycles. The predicted molar refractivity (Wildman–Crippen MR) is 55.0 cm³/mol. The molecule has 0 saturated carbocycles. The van der Waals surface area contributed by atoms with Gasteiger partial charge in [-0.2, -0.15) is 0 Å². The maximum Gasteiger partial charge on any atom is 0.173 e. The first-order valence-corrected chi connectivity index (χ1v) is 6.71. The molecule has 0 aromatic heterocycles. The number of nitrogens with one attached hydrogen (secondary N) is 1. The summed E-state index contributed by atoms with van der Waals surface area (Å²) in [5, 5.41) is 4.43. The molecule has 0 amide bonds. The number of rotatable bonds is 3. The van der Waals surface area contributed by atoms with E-state index in [1.807, 2.05) is 0 Å². The molecular formula is C9H15NO4S. The van der Waals surface area contributed by atoms with Gasteiger partial charge in [-0.25, -0.2) is 8.42 Å². The largest absolute Gasteiger partial charge is 0.355 e. The maximum atomic E-state index is 11.1. The fraction of sp³-hybridized carbons (Fsp3) is 0.778. The van der Waals surface area contributed by atoms with Gasteiger partial charge in [0.1, 0.15) is 6.79 Å². The Morgan fingerprint density at radius 3 is 2.93 bits per heavy atom. The van der Waals surface area contributed by atoms with Crippen molar-refractivity contribution in [2.45, 2.75) is 18.6 Å². The standard InChI is InChI=1S/C9H15NO4S/c11-15(12)4-2-8(6-15)10-5-9-1-3-13-7-14-9/h2,4,8-10H,1,3,5-7H2. The Balaban J connectivity index is 1.72. The molecule has 0 aliphatic carbocycles. The third-order valence-electron chi connectivity index (χ3n) is 2.51. The van der Waals surface area contributed by atoms with Crippen LogP contribution < -0.4 is 5.32 Å².